The summed E-state index contributed by atoms with van der Waals surface area (Å²) in [6, 6.07) is 12.3. The summed E-state index contributed by atoms with van der Waals surface area (Å²) >= 11 is 0. The van der Waals surface area contributed by atoms with E-state index in [0.717, 1.165) is 12.0 Å². The lowest BCUT2D eigenvalue weighted by molar-refractivity contribution is 0.0997. The van der Waals surface area contributed by atoms with Gasteiger partial charge in [0, 0.05) is 16.6 Å². The number of para-hydroxylation sites is 1. The Morgan fingerprint density at radius 2 is 2.00 bits per heavy atom. The van der Waals surface area contributed by atoms with Crippen LogP contribution in [0.15, 0.2) is 46.9 Å². The maximum absolute atomic E-state index is 13.7. The molecule has 0 aliphatic rings. The fourth-order valence-electron chi connectivity index (χ4n) is 2.48. The van der Waals surface area contributed by atoms with Gasteiger partial charge in [0.15, 0.2) is 17.2 Å². The van der Waals surface area contributed by atoms with Gasteiger partial charge >= 0.3 is 0 Å². The average Bonchev–Trinajstić information content (AvgIpc) is 2.86. The minimum Gasteiger partial charge on any atom is -0.448 e. The monoisotopic (exact) mass is 297 g/mol. The van der Waals surface area contributed by atoms with Gasteiger partial charge in [0.25, 0.3) is 5.91 Å². The number of halogens is 1. The van der Waals surface area contributed by atoms with E-state index in [4.69, 9.17) is 4.42 Å². The van der Waals surface area contributed by atoms with E-state index in [9.17, 15) is 9.18 Å². The van der Waals surface area contributed by atoms with Crippen molar-refractivity contribution in [3.8, 4) is 0 Å². The van der Waals surface area contributed by atoms with Gasteiger partial charge in [0.1, 0.15) is 0 Å². The summed E-state index contributed by atoms with van der Waals surface area (Å²) in [5, 5.41) is 3.42. The second kappa shape index (κ2) is 5.64. The fraction of sp³-hybridized carbons (Fsp3) is 0.167. The summed E-state index contributed by atoms with van der Waals surface area (Å²) in [7, 11) is 0. The highest BCUT2D eigenvalue weighted by Gasteiger charge is 2.19. The predicted molar refractivity (Wildman–Crippen MR) is 84.7 cm³/mol. The Labute approximate surface area is 127 Å². The number of nitrogens with one attached hydrogen (secondary N) is 1. The maximum Gasteiger partial charge on any atom is 0.291 e. The van der Waals surface area contributed by atoms with Gasteiger partial charge in [0.2, 0.25) is 0 Å². The van der Waals surface area contributed by atoms with Crippen molar-refractivity contribution in [1.29, 1.82) is 0 Å². The van der Waals surface area contributed by atoms with Crippen molar-refractivity contribution >= 4 is 22.6 Å². The molecule has 0 atom stereocenters. The molecule has 112 valence electrons. The van der Waals surface area contributed by atoms with E-state index in [1.807, 2.05) is 31.2 Å². The Kier molecular flexibility index (Phi) is 3.67. The molecule has 1 amide bonds. The van der Waals surface area contributed by atoms with Crippen molar-refractivity contribution in [3.63, 3.8) is 0 Å². The molecule has 1 aromatic heterocycles. The molecular weight excluding hydrogens is 281 g/mol. The summed E-state index contributed by atoms with van der Waals surface area (Å²) < 4.78 is 19.2. The Balaban J connectivity index is 1.95. The number of hydrogen-bond donors (Lipinski definition) is 1. The Morgan fingerprint density at radius 3 is 2.73 bits per heavy atom. The first-order valence-corrected chi connectivity index (χ1v) is 7.18. The Morgan fingerprint density at radius 1 is 1.23 bits per heavy atom. The number of benzene rings is 2. The number of furan rings is 1. The molecule has 2 aromatic carbocycles. The van der Waals surface area contributed by atoms with Gasteiger partial charge in [-0.1, -0.05) is 31.2 Å². The normalized spacial score (nSPS) is 10.9. The molecule has 1 heterocycles. The van der Waals surface area contributed by atoms with Crippen LogP contribution in [0.3, 0.4) is 0 Å². The minimum atomic E-state index is -0.465. The van der Waals surface area contributed by atoms with E-state index < -0.39 is 5.82 Å². The van der Waals surface area contributed by atoms with Crippen molar-refractivity contribution in [2.24, 2.45) is 0 Å². The molecule has 0 bridgehead atoms. The summed E-state index contributed by atoms with van der Waals surface area (Å²) in [6.07, 6.45) is 0.887. The van der Waals surface area contributed by atoms with Crippen molar-refractivity contribution in [1.82, 2.24) is 0 Å². The number of hydrogen-bond acceptors (Lipinski definition) is 2. The molecule has 0 saturated heterocycles. The second-order valence-corrected chi connectivity index (χ2v) is 5.18. The summed E-state index contributed by atoms with van der Waals surface area (Å²) in [5.74, 6) is -0.698. The van der Waals surface area contributed by atoms with Crippen molar-refractivity contribution in [2.75, 3.05) is 5.32 Å². The van der Waals surface area contributed by atoms with E-state index >= 15 is 0 Å². The molecule has 22 heavy (non-hydrogen) atoms. The zero-order chi connectivity index (χ0) is 15.7. The van der Waals surface area contributed by atoms with E-state index in [1.54, 1.807) is 19.1 Å². The first kappa shape index (κ1) is 14.3. The lowest BCUT2D eigenvalue weighted by Gasteiger charge is -2.05. The van der Waals surface area contributed by atoms with Gasteiger partial charge in [-0.3, -0.25) is 4.79 Å². The van der Waals surface area contributed by atoms with Crippen molar-refractivity contribution in [2.45, 2.75) is 20.3 Å². The van der Waals surface area contributed by atoms with Crippen LogP contribution in [0.25, 0.3) is 11.0 Å². The van der Waals surface area contributed by atoms with Crippen LogP contribution in [-0.2, 0) is 6.42 Å². The maximum atomic E-state index is 13.7. The molecule has 0 saturated carbocycles. The predicted octanol–water partition coefficient (Wildman–Crippen LogP) is 4.70. The van der Waals surface area contributed by atoms with Crippen LogP contribution in [0, 0.1) is 12.7 Å². The third-order valence-electron chi connectivity index (χ3n) is 3.72. The molecular formula is C18H16FNO2. The van der Waals surface area contributed by atoms with E-state index in [1.165, 1.54) is 6.07 Å². The topological polar surface area (TPSA) is 42.2 Å². The van der Waals surface area contributed by atoms with Crippen LogP contribution >= 0.6 is 0 Å². The van der Waals surface area contributed by atoms with Gasteiger partial charge in [-0.05, 0) is 37.1 Å². The largest absolute Gasteiger partial charge is 0.448 e. The summed E-state index contributed by atoms with van der Waals surface area (Å²) in [4.78, 5) is 12.4. The minimum absolute atomic E-state index is 0.118. The molecule has 0 fully saturated rings. The van der Waals surface area contributed by atoms with Crippen molar-refractivity contribution in [3.05, 3.63) is 65.2 Å². The molecule has 3 aromatic rings. The molecule has 1 N–H and O–H groups in total. The first-order chi connectivity index (χ1) is 10.6. The van der Waals surface area contributed by atoms with E-state index in [2.05, 4.69) is 5.32 Å². The van der Waals surface area contributed by atoms with Gasteiger partial charge in [-0.2, -0.15) is 0 Å². The smallest absolute Gasteiger partial charge is 0.291 e. The number of fused-ring (bicyclic) bond motifs is 1. The number of aryl methyl sites for hydroxylation is 2. The number of carbonyl (C=O) groups is 1. The van der Waals surface area contributed by atoms with Gasteiger partial charge in [-0.15, -0.1) is 0 Å². The van der Waals surface area contributed by atoms with Crippen LogP contribution in [0.5, 0.6) is 0 Å². The van der Waals surface area contributed by atoms with E-state index in [-0.39, 0.29) is 17.3 Å². The third kappa shape index (κ3) is 2.48. The van der Waals surface area contributed by atoms with Crippen LogP contribution in [0.1, 0.15) is 28.6 Å². The molecule has 0 aliphatic heterocycles. The number of amides is 1. The highest BCUT2D eigenvalue weighted by molar-refractivity contribution is 6.06. The highest BCUT2D eigenvalue weighted by atomic mass is 19.1. The lowest BCUT2D eigenvalue weighted by Crippen LogP contribution is -2.12. The fourth-order valence-corrected chi connectivity index (χ4v) is 2.48. The van der Waals surface area contributed by atoms with Gasteiger partial charge in [-0.25, -0.2) is 4.39 Å². The standard InChI is InChI=1S/C18H16FNO2/c1-3-12-6-4-7-13(10-12)20-18(21)16-11(2)14-8-5-9-15(19)17(14)22-16/h4-10H,3H2,1-2H3,(H,20,21). The summed E-state index contributed by atoms with van der Waals surface area (Å²) in [5.41, 5.74) is 2.58. The van der Waals surface area contributed by atoms with Crippen molar-refractivity contribution < 1.29 is 13.6 Å². The molecule has 0 radical (unpaired) electrons. The Bertz CT molecular complexity index is 851. The molecule has 4 heteroatoms. The third-order valence-corrected chi connectivity index (χ3v) is 3.72. The lowest BCUT2D eigenvalue weighted by atomic mass is 10.1. The zero-order valence-electron chi connectivity index (χ0n) is 12.4. The highest BCUT2D eigenvalue weighted by Crippen LogP contribution is 2.27. The molecule has 0 spiro atoms. The molecule has 3 nitrogen and oxygen atoms in total. The van der Waals surface area contributed by atoms with Crippen LogP contribution < -0.4 is 5.32 Å². The average molecular weight is 297 g/mol. The Hall–Kier alpha value is -2.62. The number of anilines is 1. The molecule has 0 aliphatic carbocycles. The molecule has 3 rings (SSSR count). The van der Waals surface area contributed by atoms with E-state index in [0.29, 0.717) is 16.6 Å². The SMILES string of the molecule is CCc1cccc(NC(=O)c2oc3c(F)cccc3c2C)c1. The number of rotatable bonds is 3. The van der Waals surface area contributed by atoms with Crippen LogP contribution in [-0.4, -0.2) is 5.91 Å². The van der Waals surface area contributed by atoms with Crippen LogP contribution in [0.4, 0.5) is 10.1 Å². The quantitative estimate of drug-likeness (QED) is 0.761. The second-order valence-electron chi connectivity index (χ2n) is 5.18. The van der Waals surface area contributed by atoms with Gasteiger partial charge in [0.05, 0.1) is 0 Å². The van der Waals surface area contributed by atoms with Crippen LogP contribution in [0.2, 0.25) is 0 Å². The molecule has 0 unspecified atom stereocenters. The zero-order valence-corrected chi connectivity index (χ0v) is 12.4. The van der Waals surface area contributed by atoms with Gasteiger partial charge < -0.3 is 9.73 Å². The number of carbonyl (C=O) groups excluding carboxylic acids is 1. The first-order valence-electron chi connectivity index (χ1n) is 7.18. The summed E-state index contributed by atoms with van der Waals surface area (Å²) in [6.45, 7) is 3.80.